The summed E-state index contributed by atoms with van der Waals surface area (Å²) in [6, 6.07) is 9.75. The van der Waals surface area contributed by atoms with Crippen LogP contribution < -0.4 is 10.2 Å². The Balaban J connectivity index is 1.50. The minimum Gasteiger partial charge on any atom is -0.478 e. The number of aromatic carboxylic acids is 1. The molecule has 0 aromatic heterocycles. The van der Waals surface area contributed by atoms with Gasteiger partial charge in [0.05, 0.1) is 11.3 Å². The van der Waals surface area contributed by atoms with E-state index < -0.39 is 17.9 Å². The van der Waals surface area contributed by atoms with Crippen LogP contribution in [0.4, 0.5) is 5.69 Å². The number of nitrogens with one attached hydrogen (secondary N) is 1. The smallest absolute Gasteiger partial charge is 0.337 e. The number of halogens is 2. The molecule has 1 saturated heterocycles. The summed E-state index contributed by atoms with van der Waals surface area (Å²) >= 11 is 12.2. The second-order valence-corrected chi connectivity index (χ2v) is 11.4. The van der Waals surface area contributed by atoms with Gasteiger partial charge in [-0.2, -0.15) is 0 Å². The molecule has 1 heterocycles. The molecule has 1 saturated carbocycles. The number of likely N-dealkylation sites (tertiary alicyclic amines) is 1. The van der Waals surface area contributed by atoms with Crippen molar-refractivity contribution in [2.24, 2.45) is 5.41 Å². The molecular weight excluding hydrogens is 541 g/mol. The number of carboxylic acid groups (broad SMARTS) is 1. The van der Waals surface area contributed by atoms with E-state index in [0.29, 0.717) is 23.1 Å². The molecule has 10 heteroatoms. The van der Waals surface area contributed by atoms with E-state index in [-0.39, 0.29) is 46.9 Å². The molecule has 0 radical (unpaired) electrons. The number of para-hydroxylation sites is 1. The van der Waals surface area contributed by atoms with E-state index in [2.05, 4.69) is 5.32 Å². The van der Waals surface area contributed by atoms with E-state index in [4.69, 9.17) is 23.2 Å². The molecule has 2 N–H and O–H groups in total. The van der Waals surface area contributed by atoms with E-state index >= 15 is 0 Å². The lowest BCUT2D eigenvalue weighted by Gasteiger charge is -2.33. The molecule has 2 aromatic rings. The molecular formula is C29H33Cl2N3O5. The van der Waals surface area contributed by atoms with Gasteiger partial charge in [-0.05, 0) is 61.4 Å². The van der Waals surface area contributed by atoms with Crippen LogP contribution in [-0.2, 0) is 9.59 Å². The summed E-state index contributed by atoms with van der Waals surface area (Å²) in [5, 5.41) is 12.9. The Kier molecular flexibility index (Phi) is 9.18. The number of amides is 3. The predicted octanol–water partition coefficient (Wildman–Crippen LogP) is 5.42. The molecule has 1 aliphatic carbocycles. The first-order valence-electron chi connectivity index (χ1n) is 13.2. The molecule has 39 heavy (non-hydrogen) atoms. The van der Waals surface area contributed by atoms with Gasteiger partial charge < -0.3 is 20.2 Å². The van der Waals surface area contributed by atoms with Crippen molar-refractivity contribution in [2.75, 3.05) is 25.0 Å². The molecule has 2 aliphatic rings. The summed E-state index contributed by atoms with van der Waals surface area (Å²) in [7, 11) is 1.50. The molecule has 0 unspecified atom stereocenters. The number of hydrogen-bond acceptors (Lipinski definition) is 4. The molecule has 2 aromatic carbocycles. The highest BCUT2D eigenvalue weighted by atomic mass is 35.5. The van der Waals surface area contributed by atoms with Gasteiger partial charge in [-0.3, -0.25) is 14.4 Å². The van der Waals surface area contributed by atoms with Crippen molar-refractivity contribution in [3.05, 3.63) is 63.6 Å². The maximum absolute atomic E-state index is 13.7. The van der Waals surface area contributed by atoms with Crippen LogP contribution in [0.3, 0.4) is 0 Å². The number of carbonyl (C=O) groups excluding carboxylic acids is 3. The van der Waals surface area contributed by atoms with Crippen LogP contribution in [0, 0.1) is 5.41 Å². The summed E-state index contributed by atoms with van der Waals surface area (Å²) in [4.78, 5) is 54.7. The zero-order valence-electron chi connectivity index (χ0n) is 21.9. The lowest BCUT2D eigenvalue weighted by Crippen LogP contribution is -2.49. The van der Waals surface area contributed by atoms with Crippen molar-refractivity contribution in [3.8, 4) is 0 Å². The third kappa shape index (κ3) is 6.92. The quantitative estimate of drug-likeness (QED) is 0.438. The van der Waals surface area contributed by atoms with Gasteiger partial charge in [0.2, 0.25) is 11.8 Å². The standard InChI is InChI=1S/C29H33Cl2N3O5/c1-33(24-8-4-3-7-22(24)28(38)39)25(35)10-9-23(32-26(36)19-15-20(30)17-21(31)16-19)27(37)34-14-13-29(18-34)11-5-2-6-12-29/h3-4,7-8,15-17,23H,2,5-6,9-14,18H2,1H3,(H,32,36)(H,38,39)/t23-/m1/s1. The summed E-state index contributed by atoms with van der Waals surface area (Å²) in [5.41, 5.74) is 0.616. The first-order valence-corrected chi connectivity index (χ1v) is 14.0. The van der Waals surface area contributed by atoms with Crippen LogP contribution in [0.1, 0.15) is 72.1 Å². The number of carboxylic acids is 1. The van der Waals surface area contributed by atoms with Crippen LogP contribution >= 0.6 is 23.2 Å². The maximum Gasteiger partial charge on any atom is 0.337 e. The highest BCUT2D eigenvalue weighted by Gasteiger charge is 2.42. The molecule has 4 rings (SSSR count). The fourth-order valence-corrected chi connectivity index (χ4v) is 6.28. The van der Waals surface area contributed by atoms with Crippen molar-refractivity contribution >= 4 is 52.6 Å². The maximum atomic E-state index is 13.7. The normalized spacial score (nSPS) is 17.1. The zero-order valence-corrected chi connectivity index (χ0v) is 23.4. The molecule has 8 nitrogen and oxygen atoms in total. The van der Waals surface area contributed by atoms with Crippen molar-refractivity contribution < 1.29 is 24.3 Å². The monoisotopic (exact) mass is 573 g/mol. The minimum atomic E-state index is -1.14. The number of anilines is 1. The van der Waals surface area contributed by atoms with Crippen molar-refractivity contribution in [1.29, 1.82) is 0 Å². The molecule has 208 valence electrons. The second-order valence-electron chi connectivity index (χ2n) is 10.6. The third-order valence-electron chi connectivity index (χ3n) is 7.91. The third-order valence-corrected chi connectivity index (χ3v) is 8.35. The molecule has 1 aliphatic heterocycles. The van der Waals surface area contributed by atoms with Gasteiger partial charge in [-0.15, -0.1) is 0 Å². The van der Waals surface area contributed by atoms with E-state index in [0.717, 1.165) is 32.1 Å². The number of carbonyl (C=O) groups is 4. The largest absolute Gasteiger partial charge is 0.478 e. The molecule has 2 fully saturated rings. The zero-order chi connectivity index (χ0) is 28.2. The van der Waals surface area contributed by atoms with Crippen molar-refractivity contribution in [2.45, 2.75) is 57.4 Å². The molecule has 0 bridgehead atoms. The fraction of sp³-hybridized carbons (Fsp3) is 0.448. The number of benzene rings is 2. The lowest BCUT2D eigenvalue weighted by molar-refractivity contribution is -0.133. The van der Waals surface area contributed by atoms with E-state index in [1.165, 1.54) is 42.6 Å². The van der Waals surface area contributed by atoms with E-state index in [1.54, 1.807) is 18.2 Å². The summed E-state index contributed by atoms with van der Waals surface area (Å²) < 4.78 is 0. The summed E-state index contributed by atoms with van der Waals surface area (Å²) in [6.45, 7) is 1.27. The van der Waals surface area contributed by atoms with Crippen LogP contribution in [0.25, 0.3) is 0 Å². The Bertz CT molecular complexity index is 1240. The second kappa shape index (κ2) is 12.4. The Hall–Kier alpha value is -3.10. The Morgan fingerprint density at radius 1 is 1.03 bits per heavy atom. The van der Waals surface area contributed by atoms with Crippen LogP contribution in [0.5, 0.6) is 0 Å². The van der Waals surface area contributed by atoms with Gasteiger partial charge in [0.25, 0.3) is 5.91 Å². The predicted molar refractivity (Wildman–Crippen MR) is 150 cm³/mol. The van der Waals surface area contributed by atoms with Gasteiger partial charge in [0, 0.05) is 42.2 Å². The van der Waals surface area contributed by atoms with Crippen molar-refractivity contribution in [3.63, 3.8) is 0 Å². The molecule has 1 atom stereocenters. The Morgan fingerprint density at radius 2 is 1.69 bits per heavy atom. The number of hydrogen-bond donors (Lipinski definition) is 2. The lowest BCUT2D eigenvalue weighted by atomic mass is 9.73. The fourth-order valence-electron chi connectivity index (χ4n) is 5.75. The summed E-state index contributed by atoms with van der Waals surface area (Å²) in [5.74, 6) is -2.25. The van der Waals surface area contributed by atoms with Gasteiger partial charge in [-0.25, -0.2) is 4.79 Å². The highest BCUT2D eigenvalue weighted by Crippen LogP contribution is 2.43. The van der Waals surface area contributed by atoms with E-state index in [9.17, 15) is 24.3 Å². The van der Waals surface area contributed by atoms with E-state index in [1.807, 2.05) is 4.90 Å². The van der Waals surface area contributed by atoms with Crippen LogP contribution in [0.15, 0.2) is 42.5 Å². The minimum absolute atomic E-state index is 0.00182. The topological polar surface area (TPSA) is 107 Å². The summed E-state index contributed by atoms with van der Waals surface area (Å²) in [6.07, 6.45) is 6.67. The highest BCUT2D eigenvalue weighted by molar-refractivity contribution is 6.35. The van der Waals surface area contributed by atoms with Gasteiger partial charge in [-0.1, -0.05) is 54.6 Å². The van der Waals surface area contributed by atoms with Gasteiger partial charge in [0.1, 0.15) is 6.04 Å². The SMILES string of the molecule is CN(C(=O)CC[C@@H](NC(=O)c1cc(Cl)cc(Cl)c1)C(=O)N1CCC2(CCCCC2)C1)c1ccccc1C(=O)O. The Morgan fingerprint density at radius 3 is 2.36 bits per heavy atom. The number of rotatable bonds is 8. The molecule has 3 amide bonds. The van der Waals surface area contributed by atoms with Gasteiger partial charge >= 0.3 is 5.97 Å². The molecule has 1 spiro atoms. The first-order chi connectivity index (χ1) is 18.6. The number of nitrogens with zero attached hydrogens (tertiary/aromatic N) is 2. The Labute approximate surface area is 238 Å². The van der Waals surface area contributed by atoms with Gasteiger partial charge in [0.15, 0.2) is 0 Å². The first kappa shape index (κ1) is 28.9. The average molecular weight is 575 g/mol. The van der Waals surface area contributed by atoms with Crippen molar-refractivity contribution in [1.82, 2.24) is 10.2 Å². The van der Waals surface area contributed by atoms with Crippen LogP contribution in [-0.4, -0.2) is 59.9 Å². The average Bonchev–Trinajstić information content (AvgIpc) is 3.32. The van der Waals surface area contributed by atoms with Crippen LogP contribution in [0.2, 0.25) is 10.0 Å².